The van der Waals surface area contributed by atoms with E-state index in [0.29, 0.717) is 17.1 Å². The molecule has 0 aliphatic rings. The zero-order valence-corrected chi connectivity index (χ0v) is 6.88. The number of rotatable bonds is 1. The third kappa shape index (κ3) is 1.11. The Morgan fingerprint density at radius 3 is 2.36 bits per heavy atom. The molecule has 1 heterocycles. The molecule has 0 atom stereocenters. The SMILES string of the molecule is CC(=O)c1c(C)nn(C)c1N. The molecule has 1 rings (SSSR count). The normalized spacial score (nSPS) is 10.1. The highest BCUT2D eigenvalue weighted by Gasteiger charge is 2.13. The maximum Gasteiger partial charge on any atom is 0.165 e. The van der Waals surface area contributed by atoms with Crippen molar-refractivity contribution in [2.75, 3.05) is 5.73 Å². The molecule has 60 valence electrons. The number of aryl methyl sites for hydroxylation is 2. The Hall–Kier alpha value is -1.32. The Morgan fingerprint density at radius 1 is 1.64 bits per heavy atom. The molecule has 0 saturated carbocycles. The van der Waals surface area contributed by atoms with Gasteiger partial charge < -0.3 is 5.73 Å². The van der Waals surface area contributed by atoms with E-state index in [9.17, 15) is 4.79 Å². The summed E-state index contributed by atoms with van der Waals surface area (Å²) in [5.74, 6) is 0.406. The number of nitrogens with zero attached hydrogens (tertiary/aromatic N) is 2. The molecular weight excluding hydrogens is 142 g/mol. The van der Waals surface area contributed by atoms with Crippen LogP contribution in [0.25, 0.3) is 0 Å². The van der Waals surface area contributed by atoms with E-state index in [-0.39, 0.29) is 5.78 Å². The molecule has 0 saturated heterocycles. The monoisotopic (exact) mass is 153 g/mol. The minimum atomic E-state index is -0.0342. The summed E-state index contributed by atoms with van der Waals surface area (Å²) in [5.41, 5.74) is 6.81. The zero-order valence-electron chi connectivity index (χ0n) is 6.88. The molecule has 0 spiro atoms. The Labute approximate surface area is 65.0 Å². The van der Waals surface area contributed by atoms with E-state index in [4.69, 9.17) is 5.73 Å². The number of ketones is 1. The first kappa shape index (κ1) is 7.78. The van der Waals surface area contributed by atoms with Gasteiger partial charge in [-0.3, -0.25) is 9.48 Å². The first-order valence-corrected chi connectivity index (χ1v) is 3.34. The number of nitrogen functional groups attached to an aromatic ring is 1. The number of hydrogen-bond acceptors (Lipinski definition) is 3. The number of carbonyl (C=O) groups excluding carboxylic acids is 1. The summed E-state index contributed by atoms with van der Waals surface area (Å²) in [6, 6.07) is 0. The van der Waals surface area contributed by atoms with Crippen molar-refractivity contribution < 1.29 is 4.79 Å². The topological polar surface area (TPSA) is 60.9 Å². The van der Waals surface area contributed by atoms with Crippen LogP contribution in [0.4, 0.5) is 5.82 Å². The van der Waals surface area contributed by atoms with Gasteiger partial charge in [0.25, 0.3) is 0 Å². The summed E-state index contributed by atoms with van der Waals surface area (Å²) in [4.78, 5) is 11.0. The second-order valence-corrected chi connectivity index (χ2v) is 2.53. The molecule has 4 nitrogen and oxygen atoms in total. The van der Waals surface area contributed by atoms with Gasteiger partial charge in [0.15, 0.2) is 5.78 Å². The summed E-state index contributed by atoms with van der Waals surface area (Å²) in [6.07, 6.45) is 0. The van der Waals surface area contributed by atoms with Gasteiger partial charge in [-0.25, -0.2) is 0 Å². The van der Waals surface area contributed by atoms with Crippen LogP contribution in [0, 0.1) is 6.92 Å². The molecule has 1 aromatic heterocycles. The summed E-state index contributed by atoms with van der Waals surface area (Å²) >= 11 is 0. The Morgan fingerprint density at radius 2 is 2.18 bits per heavy atom. The second-order valence-electron chi connectivity index (χ2n) is 2.53. The van der Waals surface area contributed by atoms with Crippen molar-refractivity contribution in [1.29, 1.82) is 0 Å². The van der Waals surface area contributed by atoms with Crippen molar-refractivity contribution in [3.63, 3.8) is 0 Å². The Bertz CT molecular complexity index is 301. The van der Waals surface area contributed by atoms with Gasteiger partial charge in [-0.05, 0) is 13.8 Å². The van der Waals surface area contributed by atoms with Crippen molar-refractivity contribution >= 4 is 11.6 Å². The number of Topliss-reactive ketones (excluding diaryl/α,β-unsaturated/α-hetero) is 1. The van der Waals surface area contributed by atoms with E-state index in [2.05, 4.69) is 5.10 Å². The fourth-order valence-electron chi connectivity index (χ4n) is 1.11. The molecule has 4 heteroatoms. The number of hydrogen-bond donors (Lipinski definition) is 1. The van der Waals surface area contributed by atoms with Crippen molar-refractivity contribution in [2.45, 2.75) is 13.8 Å². The molecule has 0 fully saturated rings. The van der Waals surface area contributed by atoms with Gasteiger partial charge in [-0.2, -0.15) is 5.10 Å². The highest BCUT2D eigenvalue weighted by atomic mass is 16.1. The lowest BCUT2D eigenvalue weighted by molar-refractivity contribution is 0.101. The van der Waals surface area contributed by atoms with Crippen LogP contribution in [-0.4, -0.2) is 15.6 Å². The molecule has 0 aliphatic carbocycles. The van der Waals surface area contributed by atoms with Crippen LogP contribution in [-0.2, 0) is 7.05 Å². The number of anilines is 1. The fourth-order valence-corrected chi connectivity index (χ4v) is 1.11. The summed E-state index contributed by atoms with van der Waals surface area (Å²) in [7, 11) is 1.72. The highest BCUT2D eigenvalue weighted by Crippen LogP contribution is 2.14. The van der Waals surface area contributed by atoms with Crippen molar-refractivity contribution in [3.8, 4) is 0 Å². The van der Waals surface area contributed by atoms with E-state index in [1.165, 1.54) is 11.6 Å². The number of aromatic nitrogens is 2. The first-order chi connectivity index (χ1) is 5.04. The van der Waals surface area contributed by atoms with Crippen LogP contribution < -0.4 is 5.73 Å². The molecule has 2 N–H and O–H groups in total. The molecule has 0 bridgehead atoms. The lowest BCUT2D eigenvalue weighted by Gasteiger charge is -1.94. The average Bonchev–Trinajstić information content (AvgIpc) is 2.07. The maximum atomic E-state index is 11.0. The lowest BCUT2D eigenvalue weighted by Crippen LogP contribution is -2.02. The number of nitrogens with two attached hydrogens (primary N) is 1. The van der Waals surface area contributed by atoms with Gasteiger partial charge in [0.1, 0.15) is 5.82 Å². The van der Waals surface area contributed by atoms with Gasteiger partial charge in [-0.1, -0.05) is 0 Å². The van der Waals surface area contributed by atoms with Crippen LogP contribution >= 0.6 is 0 Å². The second kappa shape index (κ2) is 2.38. The van der Waals surface area contributed by atoms with Crippen LogP contribution in [0.5, 0.6) is 0 Å². The summed E-state index contributed by atoms with van der Waals surface area (Å²) < 4.78 is 1.51. The molecule has 0 amide bonds. The molecule has 1 aromatic rings. The van der Waals surface area contributed by atoms with E-state index in [1.807, 2.05) is 0 Å². The molecule has 0 aliphatic heterocycles. The molecule has 11 heavy (non-hydrogen) atoms. The predicted octanol–water partition coefficient (Wildman–Crippen LogP) is 0.513. The average molecular weight is 153 g/mol. The van der Waals surface area contributed by atoms with Gasteiger partial charge >= 0.3 is 0 Å². The summed E-state index contributed by atoms with van der Waals surface area (Å²) in [6.45, 7) is 3.26. The molecular formula is C7H11N3O. The van der Waals surface area contributed by atoms with Crippen molar-refractivity contribution in [2.24, 2.45) is 7.05 Å². The van der Waals surface area contributed by atoms with E-state index in [1.54, 1.807) is 14.0 Å². The third-order valence-corrected chi connectivity index (χ3v) is 1.62. The zero-order chi connectivity index (χ0) is 8.59. The predicted molar refractivity (Wildman–Crippen MR) is 42.4 cm³/mol. The quantitative estimate of drug-likeness (QED) is 0.598. The molecule has 0 aromatic carbocycles. The third-order valence-electron chi connectivity index (χ3n) is 1.62. The van der Waals surface area contributed by atoms with Gasteiger partial charge in [0.2, 0.25) is 0 Å². The van der Waals surface area contributed by atoms with E-state index >= 15 is 0 Å². The molecule has 0 unspecified atom stereocenters. The largest absolute Gasteiger partial charge is 0.383 e. The van der Waals surface area contributed by atoms with Gasteiger partial charge in [0, 0.05) is 7.05 Å². The minimum absolute atomic E-state index is 0.0342. The molecule has 0 radical (unpaired) electrons. The Kier molecular flexibility index (Phi) is 1.68. The fraction of sp³-hybridized carbons (Fsp3) is 0.429. The van der Waals surface area contributed by atoms with Gasteiger partial charge in [0.05, 0.1) is 11.3 Å². The summed E-state index contributed by atoms with van der Waals surface area (Å²) in [5, 5.41) is 4.00. The van der Waals surface area contributed by atoms with Gasteiger partial charge in [-0.15, -0.1) is 0 Å². The van der Waals surface area contributed by atoms with Crippen LogP contribution in [0.3, 0.4) is 0 Å². The van der Waals surface area contributed by atoms with Crippen molar-refractivity contribution in [3.05, 3.63) is 11.3 Å². The minimum Gasteiger partial charge on any atom is -0.383 e. The van der Waals surface area contributed by atoms with Crippen LogP contribution in [0.15, 0.2) is 0 Å². The highest BCUT2D eigenvalue weighted by molar-refractivity contribution is 5.99. The number of carbonyl (C=O) groups is 1. The maximum absolute atomic E-state index is 11.0. The first-order valence-electron chi connectivity index (χ1n) is 3.34. The van der Waals surface area contributed by atoms with Crippen LogP contribution in [0.1, 0.15) is 23.0 Å². The van der Waals surface area contributed by atoms with Crippen LogP contribution in [0.2, 0.25) is 0 Å². The van der Waals surface area contributed by atoms with E-state index in [0.717, 1.165) is 0 Å². The van der Waals surface area contributed by atoms with E-state index < -0.39 is 0 Å². The smallest absolute Gasteiger partial charge is 0.165 e. The lowest BCUT2D eigenvalue weighted by atomic mass is 10.2. The van der Waals surface area contributed by atoms with Crippen molar-refractivity contribution in [1.82, 2.24) is 9.78 Å². The standard InChI is InChI=1S/C7H11N3O/c1-4-6(5(2)11)7(8)10(3)9-4/h8H2,1-3H3. The Balaban J connectivity index is 3.34.